The number of aliphatic imine (C=N–C) groups is 1. The van der Waals surface area contributed by atoms with E-state index >= 15 is 0 Å². The average Bonchev–Trinajstić information content (AvgIpc) is 3.06. The highest BCUT2D eigenvalue weighted by molar-refractivity contribution is 5.80. The number of halogens is 2. The van der Waals surface area contributed by atoms with Crippen LogP contribution in [0.25, 0.3) is 0 Å². The minimum Gasteiger partial charge on any atom is -0.492 e. The SMILES string of the molecule is CCNC(=NCCOc1ccc(F)c(F)c1)NC1C2CCOC2C1(C)C. The zero-order valence-corrected chi connectivity index (χ0v) is 15.5. The highest BCUT2D eigenvalue weighted by Gasteiger charge is 2.59. The van der Waals surface area contributed by atoms with Gasteiger partial charge in [-0.15, -0.1) is 0 Å². The van der Waals surface area contributed by atoms with Gasteiger partial charge < -0.3 is 20.1 Å². The summed E-state index contributed by atoms with van der Waals surface area (Å²) in [5, 5.41) is 6.77. The maximum atomic E-state index is 13.2. The second-order valence-corrected chi connectivity index (χ2v) is 7.37. The molecule has 1 aromatic carbocycles. The van der Waals surface area contributed by atoms with Gasteiger partial charge in [0.1, 0.15) is 12.4 Å². The van der Waals surface area contributed by atoms with Crippen LogP contribution in [0.5, 0.6) is 5.75 Å². The molecule has 0 bridgehead atoms. The van der Waals surface area contributed by atoms with Gasteiger partial charge in [0.25, 0.3) is 0 Å². The first-order valence-corrected chi connectivity index (χ1v) is 9.17. The Morgan fingerprint density at radius 2 is 2.15 bits per heavy atom. The van der Waals surface area contributed by atoms with Crippen molar-refractivity contribution >= 4 is 5.96 Å². The molecular formula is C19H27F2N3O2. The Labute approximate surface area is 153 Å². The van der Waals surface area contributed by atoms with Crippen LogP contribution in [-0.2, 0) is 4.74 Å². The summed E-state index contributed by atoms with van der Waals surface area (Å²) in [4.78, 5) is 4.53. The summed E-state index contributed by atoms with van der Waals surface area (Å²) < 4.78 is 37.4. The fourth-order valence-corrected chi connectivity index (χ4v) is 3.97. The predicted molar refractivity (Wildman–Crippen MR) is 96.4 cm³/mol. The van der Waals surface area contributed by atoms with Crippen LogP contribution in [0, 0.1) is 23.0 Å². The molecule has 2 N–H and O–H groups in total. The molecule has 0 amide bonds. The molecule has 3 unspecified atom stereocenters. The molecule has 0 spiro atoms. The Balaban J connectivity index is 1.53. The third kappa shape index (κ3) is 3.77. The van der Waals surface area contributed by atoms with Gasteiger partial charge in [0.15, 0.2) is 17.6 Å². The number of nitrogens with one attached hydrogen (secondary N) is 2. The molecule has 1 saturated heterocycles. The highest BCUT2D eigenvalue weighted by Crippen LogP contribution is 2.52. The van der Waals surface area contributed by atoms with E-state index in [2.05, 4.69) is 29.5 Å². The van der Waals surface area contributed by atoms with E-state index in [-0.39, 0.29) is 12.0 Å². The zero-order valence-electron chi connectivity index (χ0n) is 15.5. The number of fused-ring (bicyclic) bond motifs is 1. The Bertz CT molecular complexity index is 666. The Hall–Kier alpha value is -1.89. The van der Waals surface area contributed by atoms with E-state index in [0.29, 0.717) is 30.4 Å². The zero-order chi connectivity index (χ0) is 18.7. The van der Waals surface area contributed by atoms with Gasteiger partial charge in [-0.2, -0.15) is 0 Å². The first-order valence-electron chi connectivity index (χ1n) is 9.17. The van der Waals surface area contributed by atoms with Gasteiger partial charge in [-0.05, 0) is 25.5 Å². The van der Waals surface area contributed by atoms with Crippen molar-refractivity contribution in [3.05, 3.63) is 29.8 Å². The van der Waals surface area contributed by atoms with Gasteiger partial charge in [0, 0.05) is 36.6 Å². The molecular weight excluding hydrogens is 340 g/mol. The molecule has 5 nitrogen and oxygen atoms in total. The standard InChI is InChI=1S/C19H27F2N3O2/c1-4-22-18(24-16-13-7-9-26-17(13)19(16,2)3)23-8-10-25-12-5-6-14(20)15(21)11-12/h5-6,11,13,16-17H,4,7-10H2,1-3H3,(H2,22,23,24). The monoisotopic (exact) mass is 367 g/mol. The number of guanidine groups is 1. The van der Waals surface area contributed by atoms with Crippen LogP contribution in [0.1, 0.15) is 27.2 Å². The lowest BCUT2D eigenvalue weighted by molar-refractivity contribution is -0.106. The Morgan fingerprint density at radius 3 is 2.88 bits per heavy atom. The van der Waals surface area contributed by atoms with Gasteiger partial charge in [0.05, 0.1) is 12.6 Å². The topological polar surface area (TPSA) is 54.9 Å². The van der Waals surface area contributed by atoms with Crippen molar-refractivity contribution in [2.45, 2.75) is 39.3 Å². The van der Waals surface area contributed by atoms with Crippen LogP contribution in [-0.4, -0.2) is 44.4 Å². The van der Waals surface area contributed by atoms with Crippen LogP contribution >= 0.6 is 0 Å². The molecule has 7 heteroatoms. The molecule has 1 saturated carbocycles. The van der Waals surface area contributed by atoms with E-state index < -0.39 is 11.6 Å². The first kappa shape index (κ1) is 18.9. The van der Waals surface area contributed by atoms with Gasteiger partial charge in [-0.3, -0.25) is 0 Å². The molecule has 0 radical (unpaired) electrons. The number of hydrogen-bond acceptors (Lipinski definition) is 3. The fraction of sp³-hybridized carbons (Fsp3) is 0.632. The quantitative estimate of drug-likeness (QED) is 0.461. The summed E-state index contributed by atoms with van der Waals surface area (Å²) >= 11 is 0. The summed E-state index contributed by atoms with van der Waals surface area (Å²) in [5.74, 6) is -0.242. The van der Waals surface area contributed by atoms with Crippen molar-refractivity contribution < 1.29 is 18.3 Å². The maximum absolute atomic E-state index is 13.2. The molecule has 1 aliphatic carbocycles. The smallest absolute Gasteiger partial charge is 0.191 e. The summed E-state index contributed by atoms with van der Waals surface area (Å²) in [6.07, 6.45) is 1.39. The first-order chi connectivity index (χ1) is 12.4. The lowest BCUT2D eigenvalue weighted by atomic mass is 9.57. The van der Waals surface area contributed by atoms with Crippen molar-refractivity contribution in [1.29, 1.82) is 0 Å². The van der Waals surface area contributed by atoms with Gasteiger partial charge in [-0.25, -0.2) is 13.8 Å². The third-order valence-electron chi connectivity index (χ3n) is 5.26. The van der Waals surface area contributed by atoms with Gasteiger partial charge in [0.2, 0.25) is 0 Å². The van der Waals surface area contributed by atoms with E-state index in [0.717, 1.165) is 37.7 Å². The van der Waals surface area contributed by atoms with Gasteiger partial charge >= 0.3 is 0 Å². The second-order valence-electron chi connectivity index (χ2n) is 7.37. The van der Waals surface area contributed by atoms with Crippen LogP contribution < -0.4 is 15.4 Å². The summed E-state index contributed by atoms with van der Waals surface area (Å²) in [7, 11) is 0. The minimum absolute atomic E-state index is 0.0689. The average molecular weight is 367 g/mol. The summed E-state index contributed by atoms with van der Waals surface area (Å²) in [5.41, 5.74) is 0.0689. The third-order valence-corrected chi connectivity index (χ3v) is 5.26. The van der Waals surface area contributed by atoms with Crippen LogP contribution in [0.15, 0.2) is 23.2 Å². The molecule has 1 aliphatic heterocycles. The molecule has 3 atom stereocenters. The predicted octanol–water partition coefficient (Wildman–Crippen LogP) is 2.71. The van der Waals surface area contributed by atoms with Crippen molar-refractivity contribution in [1.82, 2.24) is 10.6 Å². The van der Waals surface area contributed by atoms with E-state index in [1.807, 2.05) is 6.92 Å². The molecule has 3 rings (SSSR count). The lowest BCUT2D eigenvalue weighted by Crippen LogP contribution is -2.68. The molecule has 144 valence electrons. The van der Waals surface area contributed by atoms with E-state index in [1.165, 1.54) is 6.07 Å². The summed E-state index contributed by atoms with van der Waals surface area (Å²) in [6.45, 7) is 8.72. The molecule has 26 heavy (non-hydrogen) atoms. The number of hydrogen-bond donors (Lipinski definition) is 2. The molecule has 1 heterocycles. The van der Waals surface area contributed by atoms with E-state index in [9.17, 15) is 8.78 Å². The molecule has 2 fully saturated rings. The number of ether oxygens (including phenoxy) is 2. The van der Waals surface area contributed by atoms with Crippen molar-refractivity contribution in [2.75, 3.05) is 26.3 Å². The largest absolute Gasteiger partial charge is 0.492 e. The normalized spacial score (nSPS) is 26.8. The number of rotatable bonds is 6. The second kappa shape index (κ2) is 7.78. The molecule has 0 aromatic heterocycles. The van der Waals surface area contributed by atoms with Gasteiger partial charge in [-0.1, -0.05) is 13.8 Å². The minimum atomic E-state index is -0.915. The van der Waals surface area contributed by atoms with E-state index in [1.54, 1.807) is 0 Å². The van der Waals surface area contributed by atoms with Crippen molar-refractivity contribution in [2.24, 2.45) is 16.3 Å². The molecule has 1 aromatic rings. The Kier molecular flexibility index (Phi) is 5.65. The van der Waals surface area contributed by atoms with Crippen molar-refractivity contribution in [3.63, 3.8) is 0 Å². The Morgan fingerprint density at radius 1 is 1.35 bits per heavy atom. The lowest BCUT2D eigenvalue weighted by Gasteiger charge is -2.54. The number of nitrogens with zero attached hydrogens (tertiary/aromatic N) is 1. The fourth-order valence-electron chi connectivity index (χ4n) is 3.97. The van der Waals surface area contributed by atoms with Crippen LogP contribution in [0.3, 0.4) is 0 Å². The van der Waals surface area contributed by atoms with Crippen LogP contribution in [0.4, 0.5) is 8.78 Å². The maximum Gasteiger partial charge on any atom is 0.191 e. The van der Waals surface area contributed by atoms with Crippen LogP contribution in [0.2, 0.25) is 0 Å². The van der Waals surface area contributed by atoms with Crippen molar-refractivity contribution in [3.8, 4) is 5.75 Å². The molecule has 2 aliphatic rings. The highest BCUT2D eigenvalue weighted by atomic mass is 19.2. The number of benzene rings is 1. The van der Waals surface area contributed by atoms with E-state index in [4.69, 9.17) is 9.47 Å². The summed E-state index contributed by atoms with van der Waals surface area (Å²) in [6, 6.07) is 3.82.